The molecule has 1 N–H and O–H groups in total. The highest BCUT2D eigenvalue weighted by Crippen LogP contribution is 2.30. The van der Waals surface area contributed by atoms with Crippen molar-refractivity contribution in [1.29, 1.82) is 0 Å². The molecule has 0 fully saturated rings. The zero-order chi connectivity index (χ0) is 16.4. The van der Waals surface area contributed by atoms with Gasteiger partial charge in [-0.15, -0.1) is 0 Å². The summed E-state index contributed by atoms with van der Waals surface area (Å²) in [5.41, 5.74) is 1.83. The number of Topliss-reactive ketones (excluding diaryl/α,β-unsaturated/α-hetero) is 1. The highest BCUT2D eigenvalue weighted by molar-refractivity contribution is 6.11. The molecule has 0 unspecified atom stereocenters. The number of carboxylic acid groups (broad SMARTS) is 1. The minimum absolute atomic E-state index is 0.0340. The lowest BCUT2D eigenvalue weighted by molar-refractivity contribution is -0.136. The van der Waals surface area contributed by atoms with E-state index in [4.69, 9.17) is 5.11 Å². The summed E-state index contributed by atoms with van der Waals surface area (Å²) in [7, 11) is 0. The van der Waals surface area contributed by atoms with Gasteiger partial charge in [0.1, 0.15) is 0 Å². The predicted octanol–water partition coefficient (Wildman–Crippen LogP) is 4.60. The zero-order valence-electron chi connectivity index (χ0n) is 13.0. The monoisotopic (exact) mass is 306 g/mol. The van der Waals surface area contributed by atoms with E-state index in [1.54, 1.807) is 6.07 Å². The number of benzene rings is 3. The normalized spacial score (nSPS) is 11.0. The Balaban J connectivity index is 2.16. The van der Waals surface area contributed by atoms with E-state index < -0.39 is 5.97 Å². The number of fused-ring (bicyclic) bond motifs is 3. The summed E-state index contributed by atoms with van der Waals surface area (Å²) in [5.74, 6) is -1.07. The minimum atomic E-state index is -0.946. The number of hydrogen-bond acceptors (Lipinski definition) is 2. The van der Waals surface area contributed by atoms with E-state index in [0.717, 1.165) is 28.0 Å². The molecule has 23 heavy (non-hydrogen) atoms. The van der Waals surface area contributed by atoms with Gasteiger partial charge in [0.15, 0.2) is 5.78 Å². The molecule has 0 atom stereocenters. The second-order valence-corrected chi connectivity index (χ2v) is 5.69. The van der Waals surface area contributed by atoms with Crippen LogP contribution in [0.2, 0.25) is 0 Å². The average Bonchev–Trinajstić information content (AvgIpc) is 2.58. The van der Waals surface area contributed by atoms with Gasteiger partial charge in [-0.1, -0.05) is 49.4 Å². The fraction of sp³-hybridized carbons (Fsp3) is 0.200. The first kappa shape index (κ1) is 15.2. The third-order valence-corrected chi connectivity index (χ3v) is 4.22. The number of ketones is 1. The van der Waals surface area contributed by atoms with Gasteiger partial charge in [-0.25, -0.2) is 0 Å². The Morgan fingerprint density at radius 2 is 1.70 bits per heavy atom. The molecule has 3 rings (SSSR count). The summed E-state index contributed by atoms with van der Waals surface area (Å²) in [5, 5.41) is 13.2. The van der Waals surface area contributed by atoms with Crippen LogP contribution < -0.4 is 0 Å². The number of carboxylic acids is 1. The van der Waals surface area contributed by atoms with Crippen LogP contribution in [0.4, 0.5) is 0 Å². The Labute approximate surface area is 134 Å². The number of aliphatic carboxylic acids is 1. The van der Waals surface area contributed by atoms with Crippen molar-refractivity contribution < 1.29 is 14.7 Å². The fourth-order valence-electron chi connectivity index (χ4n) is 3.01. The van der Waals surface area contributed by atoms with Crippen LogP contribution >= 0.6 is 0 Å². The molecular formula is C20H18O3. The van der Waals surface area contributed by atoms with Crippen LogP contribution in [0.25, 0.3) is 21.5 Å². The molecule has 0 aliphatic heterocycles. The predicted molar refractivity (Wildman–Crippen MR) is 92.0 cm³/mol. The molecule has 0 saturated carbocycles. The molecule has 3 aromatic carbocycles. The molecule has 0 saturated heterocycles. The van der Waals surface area contributed by atoms with Crippen molar-refractivity contribution in [3.63, 3.8) is 0 Å². The smallest absolute Gasteiger partial charge is 0.303 e. The van der Waals surface area contributed by atoms with Crippen molar-refractivity contribution in [2.75, 3.05) is 0 Å². The molecule has 116 valence electrons. The molecule has 0 aliphatic carbocycles. The van der Waals surface area contributed by atoms with E-state index in [1.165, 1.54) is 5.56 Å². The highest BCUT2D eigenvalue weighted by atomic mass is 16.4. The minimum Gasteiger partial charge on any atom is -0.481 e. The first-order chi connectivity index (χ1) is 11.1. The Bertz CT molecular complexity index is 909. The van der Waals surface area contributed by atoms with Gasteiger partial charge in [-0.3, -0.25) is 9.59 Å². The quantitative estimate of drug-likeness (QED) is 0.553. The number of rotatable bonds is 5. The van der Waals surface area contributed by atoms with E-state index >= 15 is 0 Å². The van der Waals surface area contributed by atoms with Crippen LogP contribution in [-0.2, 0) is 11.2 Å². The van der Waals surface area contributed by atoms with Gasteiger partial charge >= 0.3 is 5.97 Å². The first-order valence-corrected chi connectivity index (χ1v) is 7.79. The topological polar surface area (TPSA) is 54.4 Å². The lowest BCUT2D eigenvalue weighted by Gasteiger charge is -2.10. The molecule has 0 aliphatic rings. The third-order valence-electron chi connectivity index (χ3n) is 4.22. The molecule has 0 spiro atoms. The lowest BCUT2D eigenvalue weighted by Crippen LogP contribution is -2.04. The maximum atomic E-state index is 12.2. The Hall–Kier alpha value is -2.68. The molecular weight excluding hydrogens is 288 g/mol. The molecule has 0 amide bonds. The summed E-state index contributed by atoms with van der Waals surface area (Å²) in [6.07, 6.45) is 0.826. The van der Waals surface area contributed by atoms with Crippen molar-refractivity contribution in [1.82, 2.24) is 0 Å². The SMILES string of the molecule is CCc1cc2ccccc2c2cc(C(=O)CCC(=O)O)ccc12. The van der Waals surface area contributed by atoms with Crippen molar-refractivity contribution in [3.05, 3.63) is 59.7 Å². The first-order valence-electron chi connectivity index (χ1n) is 7.79. The van der Waals surface area contributed by atoms with Crippen LogP contribution in [0.3, 0.4) is 0 Å². The summed E-state index contributed by atoms with van der Waals surface area (Å²) in [4.78, 5) is 22.9. The largest absolute Gasteiger partial charge is 0.481 e. The van der Waals surface area contributed by atoms with Gasteiger partial charge in [0.05, 0.1) is 6.42 Å². The standard InChI is InChI=1S/C20H18O3/c1-2-13-11-14-5-3-4-6-16(14)18-12-15(7-8-17(13)18)19(21)9-10-20(22)23/h3-8,11-12H,2,9-10H2,1H3,(H,22,23). The van der Waals surface area contributed by atoms with Gasteiger partial charge in [-0.05, 0) is 39.6 Å². The van der Waals surface area contributed by atoms with Gasteiger partial charge < -0.3 is 5.11 Å². The zero-order valence-corrected chi connectivity index (χ0v) is 13.0. The molecule has 0 aromatic heterocycles. The molecule has 0 radical (unpaired) electrons. The van der Waals surface area contributed by atoms with E-state index in [2.05, 4.69) is 25.1 Å². The molecule has 3 nitrogen and oxygen atoms in total. The van der Waals surface area contributed by atoms with Crippen molar-refractivity contribution in [2.45, 2.75) is 26.2 Å². The summed E-state index contributed by atoms with van der Waals surface area (Å²) >= 11 is 0. The number of carbonyl (C=O) groups is 2. The maximum absolute atomic E-state index is 12.2. The summed E-state index contributed by atoms with van der Waals surface area (Å²) in [6.45, 7) is 2.12. The van der Waals surface area contributed by atoms with E-state index in [-0.39, 0.29) is 18.6 Å². The second kappa shape index (κ2) is 6.21. The van der Waals surface area contributed by atoms with E-state index in [1.807, 2.05) is 24.3 Å². The van der Waals surface area contributed by atoms with Crippen molar-refractivity contribution in [2.24, 2.45) is 0 Å². The Morgan fingerprint density at radius 1 is 0.913 bits per heavy atom. The Kier molecular flexibility index (Phi) is 4.11. The van der Waals surface area contributed by atoms with Gasteiger partial charge in [-0.2, -0.15) is 0 Å². The number of aryl methyl sites for hydroxylation is 1. The average molecular weight is 306 g/mol. The summed E-state index contributed by atoms with van der Waals surface area (Å²) < 4.78 is 0. The van der Waals surface area contributed by atoms with E-state index in [0.29, 0.717) is 5.56 Å². The van der Waals surface area contributed by atoms with Gasteiger partial charge in [0, 0.05) is 12.0 Å². The number of carbonyl (C=O) groups excluding carboxylic acids is 1. The molecule has 0 bridgehead atoms. The van der Waals surface area contributed by atoms with Crippen molar-refractivity contribution >= 4 is 33.3 Å². The molecule has 3 heteroatoms. The number of hydrogen-bond donors (Lipinski definition) is 1. The van der Waals surface area contributed by atoms with Crippen LogP contribution in [0.15, 0.2) is 48.5 Å². The van der Waals surface area contributed by atoms with Gasteiger partial charge in [0.2, 0.25) is 0 Å². The lowest BCUT2D eigenvalue weighted by atomic mass is 9.93. The molecule has 3 aromatic rings. The van der Waals surface area contributed by atoms with Crippen LogP contribution in [0, 0.1) is 0 Å². The summed E-state index contributed by atoms with van der Waals surface area (Å²) in [6, 6.07) is 16.0. The van der Waals surface area contributed by atoms with Gasteiger partial charge in [0.25, 0.3) is 0 Å². The highest BCUT2D eigenvalue weighted by Gasteiger charge is 2.11. The maximum Gasteiger partial charge on any atom is 0.303 e. The van der Waals surface area contributed by atoms with Crippen LogP contribution in [0.1, 0.15) is 35.7 Å². The van der Waals surface area contributed by atoms with Crippen molar-refractivity contribution in [3.8, 4) is 0 Å². The second-order valence-electron chi connectivity index (χ2n) is 5.69. The van der Waals surface area contributed by atoms with Crippen LogP contribution in [-0.4, -0.2) is 16.9 Å². The molecule has 0 heterocycles. The van der Waals surface area contributed by atoms with E-state index in [9.17, 15) is 9.59 Å². The van der Waals surface area contributed by atoms with Crippen LogP contribution in [0.5, 0.6) is 0 Å². The third kappa shape index (κ3) is 2.95. The fourth-order valence-corrected chi connectivity index (χ4v) is 3.01. The Morgan fingerprint density at radius 3 is 2.43 bits per heavy atom.